The van der Waals surface area contributed by atoms with Gasteiger partial charge in [0.1, 0.15) is 4.21 Å². The van der Waals surface area contributed by atoms with Crippen molar-refractivity contribution in [3.05, 3.63) is 46.8 Å². The second-order valence-corrected chi connectivity index (χ2v) is 6.68. The van der Waals surface area contributed by atoms with Gasteiger partial charge in [-0.15, -0.1) is 11.3 Å². The fourth-order valence-corrected chi connectivity index (χ4v) is 3.51. The summed E-state index contributed by atoms with van der Waals surface area (Å²) < 4.78 is 51.7. The summed E-state index contributed by atoms with van der Waals surface area (Å²) in [5.41, 5.74) is 6.13. The maximum Gasteiger partial charge on any atom is 0.250 e. The van der Waals surface area contributed by atoms with Crippen molar-refractivity contribution in [2.24, 2.45) is 0 Å². The van der Waals surface area contributed by atoms with Crippen LogP contribution in [0.1, 0.15) is 5.56 Å². The Kier molecular flexibility index (Phi) is 3.83. The van der Waals surface area contributed by atoms with Crippen LogP contribution in [0, 0.1) is 11.6 Å². The van der Waals surface area contributed by atoms with Crippen molar-refractivity contribution in [3.8, 4) is 0 Å². The van der Waals surface area contributed by atoms with Gasteiger partial charge in [-0.25, -0.2) is 21.9 Å². The van der Waals surface area contributed by atoms with Gasteiger partial charge in [-0.3, -0.25) is 0 Å². The van der Waals surface area contributed by atoms with Crippen molar-refractivity contribution in [1.29, 1.82) is 0 Å². The van der Waals surface area contributed by atoms with Crippen molar-refractivity contribution in [2.75, 3.05) is 5.73 Å². The highest BCUT2D eigenvalue weighted by molar-refractivity contribution is 7.91. The Morgan fingerprint density at radius 2 is 1.95 bits per heavy atom. The van der Waals surface area contributed by atoms with Crippen LogP contribution in [0.2, 0.25) is 0 Å². The minimum Gasteiger partial charge on any atom is -0.398 e. The molecule has 0 bridgehead atoms. The zero-order valence-electron chi connectivity index (χ0n) is 9.56. The van der Waals surface area contributed by atoms with Crippen LogP contribution in [-0.2, 0) is 16.6 Å². The molecule has 0 aliphatic carbocycles. The molecule has 3 N–H and O–H groups in total. The smallest absolute Gasteiger partial charge is 0.250 e. The van der Waals surface area contributed by atoms with E-state index in [-0.39, 0.29) is 10.8 Å². The van der Waals surface area contributed by atoms with E-state index in [0.29, 0.717) is 11.3 Å². The van der Waals surface area contributed by atoms with Crippen LogP contribution in [0.5, 0.6) is 0 Å². The minimum absolute atomic E-state index is 0.0765. The third-order valence-corrected chi connectivity index (χ3v) is 5.17. The lowest BCUT2D eigenvalue weighted by Crippen LogP contribution is -2.22. The number of hydrogen-bond donors (Lipinski definition) is 2. The molecule has 0 fully saturated rings. The predicted octanol–water partition coefficient (Wildman–Crippen LogP) is 2.09. The van der Waals surface area contributed by atoms with Crippen LogP contribution in [0.15, 0.2) is 33.9 Å². The summed E-state index contributed by atoms with van der Waals surface area (Å²) in [6.07, 6.45) is 0. The molecule has 4 nitrogen and oxygen atoms in total. The van der Waals surface area contributed by atoms with E-state index in [9.17, 15) is 17.2 Å². The zero-order valence-corrected chi connectivity index (χ0v) is 11.2. The quantitative estimate of drug-likeness (QED) is 0.908. The lowest BCUT2D eigenvalue weighted by atomic mass is 10.2. The predicted molar refractivity (Wildman–Crippen MR) is 69.1 cm³/mol. The normalized spacial score (nSPS) is 11.7. The van der Waals surface area contributed by atoms with Crippen LogP contribution >= 0.6 is 11.3 Å². The third kappa shape index (κ3) is 3.28. The molecule has 0 saturated carbocycles. The Morgan fingerprint density at radius 1 is 1.21 bits per heavy atom. The molecule has 8 heteroatoms. The zero-order chi connectivity index (χ0) is 14.0. The van der Waals surface area contributed by atoms with Crippen LogP contribution in [0.25, 0.3) is 0 Å². The van der Waals surface area contributed by atoms with Gasteiger partial charge >= 0.3 is 0 Å². The number of nitrogen functional groups attached to an aromatic ring is 1. The SMILES string of the molecule is Nc1csc(S(=O)(=O)NCc2ccc(F)c(F)c2)c1. The van der Waals surface area contributed by atoms with Crippen molar-refractivity contribution in [1.82, 2.24) is 4.72 Å². The van der Waals surface area contributed by atoms with Gasteiger partial charge in [0, 0.05) is 17.6 Å². The molecule has 1 heterocycles. The van der Waals surface area contributed by atoms with E-state index in [0.717, 1.165) is 23.5 Å². The van der Waals surface area contributed by atoms with Gasteiger partial charge in [0.25, 0.3) is 0 Å². The molecular weight excluding hydrogens is 294 g/mol. The highest BCUT2D eigenvalue weighted by Crippen LogP contribution is 2.21. The standard InChI is InChI=1S/C11H10F2N2O2S2/c12-9-2-1-7(3-10(9)13)5-15-19(16,17)11-4-8(14)6-18-11/h1-4,6,15H,5,14H2. The van der Waals surface area contributed by atoms with Gasteiger partial charge in [0.15, 0.2) is 11.6 Å². The first-order chi connectivity index (χ1) is 8.88. The molecule has 0 atom stereocenters. The van der Waals surface area contributed by atoms with Crippen LogP contribution in [0.4, 0.5) is 14.5 Å². The van der Waals surface area contributed by atoms with Crippen molar-refractivity contribution in [3.63, 3.8) is 0 Å². The molecule has 2 rings (SSSR count). The van der Waals surface area contributed by atoms with E-state index in [2.05, 4.69) is 4.72 Å². The average Bonchev–Trinajstić information content (AvgIpc) is 2.78. The molecule has 0 radical (unpaired) electrons. The fourth-order valence-electron chi connectivity index (χ4n) is 1.37. The lowest BCUT2D eigenvalue weighted by Gasteiger charge is -2.05. The largest absolute Gasteiger partial charge is 0.398 e. The molecule has 0 spiro atoms. The number of sulfonamides is 1. The number of anilines is 1. The molecule has 0 amide bonds. The summed E-state index contributed by atoms with van der Waals surface area (Å²) in [4.78, 5) is 0. The van der Waals surface area contributed by atoms with Gasteiger partial charge in [0.2, 0.25) is 10.0 Å². The molecule has 2 aromatic rings. The summed E-state index contributed by atoms with van der Waals surface area (Å²) in [5, 5.41) is 1.51. The Morgan fingerprint density at radius 3 is 2.53 bits per heavy atom. The molecule has 0 aliphatic heterocycles. The molecule has 0 saturated heterocycles. The van der Waals surface area contributed by atoms with Crippen molar-refractivity contribution >= 4 is 27.0 Å². The number of halogens is 2. The van der Waals surface area contributed by atoms with Crippen LogP contribution in [0.3, 0.4) is 0 Å². The van der Waals surface area contributed by atoms with E-state index in [1.807, 2.05) is 0 Å². The number of nitrogens with one attached hydrogen (secondary N) is 1. The van der Waals surface area contributed by atoms with Gasteiger partial charge < -0.3 is 5.73 Å². The first-order valence-electron chi connectivity index (χ1n) is 5.16. The maximum absolute atomic E-state index is 13.0. The van der Waals surface area contributed by atoms with E-state index in [1.165, 1.54) is 17.5 Å². The number of thiophene rings is 1. The molecule has 1 aromatic heterocycles. The average molecular weight is 304 g/mol. The molecule has 102 valence electrons. The Labute approximate surface area is 112 Å². The Bertz CT molecular complexity index is 698. The Hall–Kier alpha value is -1.51. The first kappa shape index (κ1) is 13.9. The molecule has 19 heavy (non-hydrogen) atoms. The Balaban J connectivity index is 2.11. The monoisotopic (exact) mass is 304 g/mol. The van der Waals surface area contributed by atoms with Gasteiger partial charge in [-0.2, -0.15) is 0 Å². The lowest BCUT2D eigenvalue weighted by molar-refractivity contribution is 0.506. The van der Waals surface area contributed by atoms with Crippen LogP contribution < -0.4 is 10.5 Å². The summed E-state index contributed by atoms with van der Waals surface area (Å²) in [7, 11) is -3.69. The van der Waals surface area contributed by atoms with E-state index < -0.39 is 21.7 Å². The molecule has 0 unspecified atom stereocenters. The minimum atomic E-state index is -3.69. The van der Waals surface area contributed by atoms with E-state index >= 15 is 0 Å². The molecule has 1 aromatic carbocycles. The highest BCUT2D eigenvalue weighted by Gasteiger charge is 2.16. The molecular formula is C11H10F2N2O2S2. The van der Waals surface area contributed by atoms with Crippen LogP contribution in [-0.4, -0.2) is 8.42 Å². The van der Waals surface area contributed by atoms with E-state index in [1.54, 1.807) is 0 Å². The number of benzene rings is 1. The van der Waals surface area contributed by atoms with E-state index in [4.69, 9.17) is 5.73 Å². The van der Waals surface area contributed by atoms with Gasteiger partial charge in [-0.05, 0) is 23.8 Å². The fraction of sp³-hybridized carbons (Fsp3) is 0.0909. The summed E-state index contributed by atoms with van der Waals surface area (Å²) in [5.74, 6) is -1.99. The second-order valence-electron chi connectivity index (χ2n) is 3.77. The van der Waals surface area contributed by atoms with Gasteiger partial charge in [0.05, 0.1) is 0 Å². The topological polar surface area (TPSA) is 72.2 Å². The van der Waals surface area contributed by atoms with Crippen molar-refractivity contribution < 1.29 is 17.2 Å². The number of hydrogen-bond acceptors (Lipinski definition) is 4. The summed E-state index contributed by atoms with van der Waals surface area (Å²) >= 11 is 0.988. The summed E-state index contributed by atoms with van der Waals surface area (Å²) in [6, 6.07) is 4.53. The number of rotatable bonds is 4. The number of nitrogens with two attached hydrogens (primary N) is 1. The molecule has 0 aliphatic rings. The third-order valence-electron chi connectivity index (χ3n) is 2.31. The first-order valence-corrected chi connectivity index (χ1v) is 7.52. The van der Waals surface area contributed by atoms with Gasteiger partial charge in [-0.1, -0.05) is 6.07 Å². The maximum atomic E-state index is 13.0. The second kappa shape index (κ2) is 5.24. The highest BCUT2D eigenvalue weighted by atomic mass is 32.2. The summed E-state index contributed by atoms with van der Waals surface area (Å²) in [6.45, 7) is -0.128. The van der Waals surface area contributed by atoms with Crippen molar-refractivity contribution in [2.45, 2.75) is 10.8 Å².